The lowest BCUT2D eigenvalue weighted by Crippen LogP contribution is -2.33. The van der Waals surface area contributed by atoms with Crippen LogP contribution in [0, 0.1) is 12.3 Å². The van der Waals surface area contributed by atoms with Crippen molar-refractivity contribution in [2.75, 3.05) is 17.8 Å². The van der Waals surface area contributed by atoms with Gasteiger partial charge in [-0.05, 0) is 47.2 Å². The normalized spacial score (nSPS) is 19.8. The summed E-state index contributed by atoms with van der Waals surface area (Å²) in [6.45, 7) is 9.01. The maximum atomic E-state index is 4.32. The predicted octanol–water partition coefficient (Wildman–Crippen LogP) is 4.25. The van der Waals surface area contributed by atoms with Crippen molar-refractivity contribution in [3.63, 3.8) is 0 Å². The second-order valence-corrected chi connectivity index (χ2v) is 7.39. The molecule has 0 bridgehead atoms. The molecule has 3 nitrogen and oxygen atoms in total. The monoisotopic (exact) mass is 329 g/mol. The molecule has 0 amide bonds. The number of piperidine rings is 1. The lowest BCUT2D eigenvalue weighted by Gasteiger charge is -2.35. The summed E-state index contributed by atoms with van der Waals surface area (Å²) in [7, 11) is 0. The van der Waals surface area contributed by atoms with E-state index in [1.165, 1.54) is 12.8 Å². The average molecular weight is 330 g/mol. The van der Waals surface area contributed by atoms with Gasteiger partial charge in [-0.25, -0.2) is 4.31 Å². The van der Waals surface area contributed by atoms with Gasteiger partial charge in [0.05, 0.1) is 11.4 Å². The number of hydrogen-bond acceptors (Lipinski definition) is 4. The second-order valence-electron chi connectivity index (χ2n) is 5.57. The van der Waals surface area contributed by atoms with Crippen LogP contribution < -0.4 is 4.72 Å². The van der Waals surface area contributed by atoms with E-state index < -0.39 is 0 Å². The lowest BCUT2D eigenvalue weighted by atomic mass is 9.83. The molecule has 0 saturated carbocycles. The Hall–Kier alpha value is -0.260. The molecule has 1 N–H and O–H groups in total. The van der Waals surface area contributed by atoms with E-state index in [2.05, 4.69) is 49.9 Å². The molecule has 1 aromatic heterocycles. The third-order valence-electron chi connectivity index (χ3n) is 3.41. The maximum absolute atomic E-state index is 4.32. The molecule has 0 aromatic carbocycles. The number of nitrogens with one attached hydrogen (secondary N) is 1. The van der Waals surface area contributed by atoms with Crippen LogP contribution in [0.2, 0.25) is 0 Å². The molecule has 100 valence electrons. The summed E-state index contributed by atoms with van der Waals surface area (Å²) in [5.74, 6) is 0. The average Bonchev–Trinajstić information content (AvgIpc) is 2.32. The molecule has 1 aliphatic heterocycles. The van der Waals surface area contributed by atoms with Gasteiger partial charge in [0.25, 0.3) is 0 Å². The number of pyridine rings is 1. The number of anilines is 1. The highest BCUT2D eigenvalue weighted by Crippen LogP contribution is 2.33. The fourth-order valence-electron chi connectivity index (χ4n) is 1.91. The molecule has 1 saturated heterocycles. The minimum atomic E-state index is 0.504. The van der Waals surface area contributed by atoms with Crippen LogP contribution in [0.4, 0.5) is 5.69 Å². The minimum absolute atomic E-state index is 0.504. The third-order valence-corrected chi connectivity index (χ3v) is 4.78. The summed E-state index contributed by atoms with van der Waals surface area (Å²) in [4.78, 5) is 4.32. The fourth-order valence-corrected chi connectivity index (χ4v) is 3.04. The van der Waals surface area contributed by atoms with Crippen molar-refractivity contribution in [2.24, 2.45) is 5.41 Å². The highest BCUT2D eigenvalue weighted by Gasteiger charge is 2.25. The maximum Gasteiger partial charge on any atom is 0.0676 e. The van der Waals surface area contributed by atoms with Crippen molar-refractivity contribution in [1.29, 1.82) is 0 Å². The summed E-state index contributed by atoms with van der Waals surface area (Å²) in [6, 6.07) is 2.07. The topological polar surface area (TPSA) is 28.2 Å². The number of hydrogen-bond donors (Lipinski definition) is 1. The van der Waals surface area contributed by atoms with Crippen LogP contribution in [-0.2, 0) is 0 Å². The van der Waals surface area contributed by atoms with Gasteiger partial charge in [0, 0.05) is 35.9 Å². The van der Waals surface area contributed by atoms with Gasteiger partial charge < -0.3 is 4.72 Å². The zero-order chi connectivity index (χ0) is 13.2. The van der Waals surface area contributed by atoms with Crippen LogP contribution in [-0.4, -0.2) is 22.4 Å². The van der Waals surface area contributed by atoms with Gasteiger partial charge in [-0.1, -0.05) is 13.8 Å². The molecular weight excluding hydrogens is 310 g/mol. The van der Waals surface area contributed by atoms with E-state index in [4.69, 9.17) is 0 Å². The zero-order valence-corrected chi connectivity index (χ0v) is 13.6. The Kier molecular flexibility index (Phi) is 4.56. The number of aryl methyl sites for hydroxylation is 1. The molecule has 2 heterocycles. The fraction of sp³-hybridized carbons (Fsp3) is 0.615. The quantitative estimate of drug-likeness (QED) is 0.839. The molecule has 18 heavy (non-hydrogen) atoms. The third kappa shape index (κ3) is 3.87. The SMILES string of the molecule is Cc1ncc(Br)cc1NSN1CCC(C)(C)CC1. The Bertz CT molecular complexity index is 413. The van der Waals surface area contributed by atoms with Crippen LogP contribution in [0.3, 0.4) is 0 Å². The first kappa shape index (κ1) is 14.2. The highest BCUT2D eigenvalue weighted by molar-refractivity contribution is 9.10. The largest absolute Gasteiger partial charge is 0.315 e. The molecule has 0 radical (unpaired) electrons. The van der Waals surface area contributed by atoms with Gasteiger partial charge in [0.2, 0.25) is 0 Å². The number of nitrogens with zero attached hydrogens (tertiary/aromatic N) is 2. The summed E-state index contributed by atoms with van der Waals surface area (Å²) >= 11 is 5.15. The molecule has 2 rings (SSSR count). The Balaban J connectivity index is 1.87. The molecule has 0 atom stereocenters. The first-order valence-corrected chi connectivity index (χ1v) is 7.83. The number of aromatic nitrogens is 1. The summed E-state index contributed by atoms with van der Waals surface area (Å²) in [6.07, 6.45) is 4.35. The summed E-state index contributed by atoms with van der Waals surface area (Å²) < 4.78 is 6.81. The van der Waals surface area contributed by atoms with E-state index >= 15 is 0 Å². The van der Waals surface area contributed by atoms with Crippen LogP contribution >= 0.6 is 28.1 Å². The van der Waals surface area contributed by atoms with Gasteiger partial charge in [0.15, 0.2) is 0 Å². The summed E-state index contributed by atoms with van der Waals surface area (Å²) in [5.41, 5.74) is 2.62. The zero-order valence-electron chi connectivity index (χ0n) is 11.2. The van der Waals surface area contributed by atoms with Crippen LogP contribution in [0.5, 0.6) is 0 Å². The van der Waals surface area contributed by atoms with Crippen molar-refractivity contribution in [3.05, 3.63) is 22.4 Å². The molecule has 0 spiro atoms. The van der Waals surface area contributed by atoms with E-state index in [9.17, 15) is 0 Å². The minimum Gasteiger partial charge on any atom is -0.315 e. The van der Waals surface area contributed by atoms with Crippen molar-refractivity contribution < 1.29 is 0 Å². The van der Waals surface area contributed by atoms with Crippen molar-refractivity contribution >= 4 is 33.8 Å². The van der Waals surface area contributed by atoms with Gasteiger partial charge in [-0.15, -0.1) is 0 Å². The van der Waals surface area contributed by atoms with E-state index in [0.717, 1.165) is 28.9 Å². The predicted molar refractivity (Wildman–Crippen MR) is 82.5 cm³/mol. The summed E-state index contributed by atoms with van der Waals surface area (Å²) in [5, 5.41) is 0. The van der Waals surface area contributed by atoms with Gasteiger partial charge in [-0.3, -0.25) is 4.98 Å². The smallest absolute Gasteiger partial charge is 0.0676 e. The first-order valence-electron chi connectivity index (χ1n) is 6.26. The van der Waals surface area contributed by atoms with E-state index in [0.29, 0.717) is 5.41 Å². The van der Waals surface area contributed by atoms with Gasteiger partial charge in [0.1, 0.15) is 0 Å². The van der Waals surface area contributed by atoms with Crippen LogP contribution in [0.15, 0.2) is 16.7 Å². The first-order chi connectivity index (χ1) is 8.46. The van der Waals surface area contributed by atoms with Crippen molar-refractivity contribution in [2.45, 2.75) is 33.6 Å². The van der Waals surface area contributed by atoms with Gasteiger partial charge >= 0.3 is 0 Å². The molecular formula is C13H20BrN3S. The van der Waals surface area contributed by atoms with Crippen molar-refractivity contribution in [1.82, 2.24) is 9.29 Å². The van der Waals surface area contributed by atoms with E-state index in [1.54, 1.807) is 12.1 Å². The number of rotatable bonds is 3. The molecule has 0 unspecified atom stereocenters. The Morgan fingerprint density at radius 3 is 2.72 bits per heavy atom. The van der Waals surface area contributed by atoms with E-state index in [-0.39, 0.29) is 0 Å². The number of halogens is 1. The molecule has 1 aliphatic rings. The Morgan fingerprint density at radius 2 is 2.06 bits per heavy atom. The van der Waals surface area contributed by atoms with Crippen LogP contribution in [0.25, 0.3) is 0 Å². The molecule has 1 fully saturated rings. The van der Waals surface area contributed by atoms with Gasteiger partial charge in [-0.2, -0.15) is 0 Å². The van der Waals surface area contributed by atoms with Crippen LogP contribution in [0.1, 0.15) is 32.4 Å². The second kappa shape index (κ2) is 5.80. The molecule has 5 heteroatoms. The van der Waals surface area contributed by atoms with Crippen molar-refractivity contribution in [3.8, 4) is 0 Å². The Labute approximate surface area is 122 Å². The molecule has 0 aliphatic carbocycles. The highest BCUT2D eigenvalue weighted by atomic mass is 79.9. The molecule has 1 aromatic rings. The lowest BCUT2D eigenvalue weighted by molar-refractivity contribution is 0.205. The Morgan fingerprint density at radius 1 is 1.39 bits per heavy atom. The van der Waals surface area contributed by atoms with E-state index in [1.807, 2.05) is 13.1 Å². The standard InChI is InChI=1S/C13H20BrN3S/c1-10-12(8-11(14)9-15-10)16-18-17-6-4-13(2,3)5-7-17/h8-9,16H,4-7H2,1-3H3.